The zero-order valence-electron chi connectivity index (χ0n) is 8.81. The Kier molecular flexibility index (Phi) is 4.65. The van der Waals surface area contributed by atoms with Crippen LogP contribution in [-0.2, 0) is 4.74 Å². The first kappa shape index (κ1) is 12.4. The highest BCUT2D eigenvalue weighted by Gasteiger charge is 2.13. The van der Waals surface area contributed by atoms with Crippen molar-refractivity contribution in [1.29, 1.82) is 0 Å². The minimum atomic E-state index is -0.904. The van der Waals surface area contributed by atoms with Gasteiger partial charge in [0.2, 0.25) is 5.82 Å². The van der Waals surface area contributed by atoms with Gasteiger partial charge in [0, 0.05) is 18.7 Å². The second-order valence-corrected chi connectivity index (χ2v) is 2.92. The van der Waals surface area contributed by atoms with Crippen molar-refractivity contribution in [2.24, 2.45) is 0 Å². The molecule has 0 radical (unpaired) electrons. The maximum absolute atomic E-state index is 13.1. The highest BCUT2D eigenvalue weighted by Crippen LogP contribution is 2.22. The Bertz CT molecular complexity index is 370. The molecule has 0 aliphatic rings. The molecule has 1 aromatic carbocycles. The number of nitro groups is 1. The van der Waals surface area contributed by atoms with Gasteiger partial charge in [-0.15, -0.1) is 0 Å². The van der Waals surface area contributed by atoms with Gasteiger partial charge < -0.3 is 9.47 Å². The molecule has 0 N–H and O–H groups in total. The van der Waals surface area contributed by atoms with Crippen molar-refractivity contribution in [3.05, 3.63) is 34.1 Å². The SMILES string of the molecule is CCOCCOc1ccc([N+](=O)[O-])c(F)c1. The zero-order chi connectivity index (χ0) is 12.0. The van der Waals surface area contributed by atoms with Crippen LogP contribution >= 0.6 is 0 Å². The molecule has 0 bridgehead atoms. The van der Waals surface area contributed by atoms with Crippen LogP contribution in [0.1, 0.15) is 6.92 Å². The molecule has 6 heteroatoms. The lowest BCUT2D eigenvalue weighted by Crippen LogP contribution is -2.06. The van der Waals surface area contributed by atoms with E-state index in [-0.39, 0.29) is 12.4 Å². The summed E-state index contributed by atoms with van der Waals surface area (Å²) in [6, 6.07) is 3.42. The Morgan fingerprint density at radius 1 is 1.44 bits per heavy atom. The smallest absolute Gasteiger partial charge is 0.305 e. The highest BCUT2D eigenvalue weighted by atomic mass is 19.1. The monoisotopic (exact) mass is 229 g/mol. The third kappa shape index (κ3) is 3.47. The summed E-state index contributed by atoms with van der Waals surface area (Å²) >= 11 is 0. The van der Waals surface area contributed by atoms with Crippen molar-refractivity contribution in [2.45, 2.75) is 6.92 Å². The number of ether oxygens (including phenoxy) is 2. The Labute approximate surface area is 91.9 Å². The molecule has 5 nitrogen and oxygen atoms in total. The van der Waals surface area contributed by atoms with E-state index >= 15 is 0 Å². The fraction of sp³-hybridized carbons (Fsp3) is 0.400. The fourth-order valence-corrected chi connectivity index (χ4v) is 1.09. The van der Waals surface area contributed by atoms with E-state index in [9.17, 15) is 14.5 Å². The summed E-state index contributed by atoms with van der Waals surface area (Å²) in [7, 11) is 0. The third-order valence-corrected chi connectivity index (χ3v) is 1.82. The molecule has 0 spiro atoms. The van der Waals surface area contributed by atoms with Gasteiger partial charge in [-0.3, -0.25) is 10.1 Å². The fourth-order valence-electron chi connectivity index (χ4n) is 1.09. The van der Waals surface area contributed by atoms with Gasteiger partial charge in [-0.25, -0.2) is 0 Å². The Morgan fingerprint density at radius 2 is 2.19 bits per heavy atom. The molecule has 0 unspecified atom stereocenters. The first-order valence-corrected chi connectivity index (χ1v) is 4.79. The van der Waals surface area contributed by atoms with Crippen LogP contribution in [0.4, 0.5) is 10.1 Å². The molecule has 0 atom stereocenters. The summed E-state index contributed by atoms with van der Waals surface area (Å²) in [5.41, 5.74) is -0.558. The third-order valence-electron chi connectivity index (χ3n) is 1.82. The number of hydrogen-bond acceptors (Lipinski definition) is 4. The summed E-state index contributed by atoms with van der Waals surface area (Å²) < 4.78 is 23.3. The molecule has 1 aromatic rings. The first-order chi connectivity index (χ1) is 7.65. The number of rotatable bonds is 6. The van der Waals surface area contributed by atoms with Crippen LogP contribution in [-0.4, -0.2) is 24.7 Å². The van der Waals surface area contributed by atoms with Crippen molar-refractivity contribution in [3.63, 3.8) is 0 Å². The van der Waals surface area contributed by atoms with E-state index < -0.39 is 16.4 Å². The molecule has 0 fully saturated rings. The second kappa shape index (κ2) is 6.02. The molecule has 0 amide bonds. The summed E-state index contributed by atoms with van der Waals surface area (Å²) in [6.45, 7) is 3.11. The topological polar surface area (TPSA) is 61.6 Å². The predicted octanol–water partition coefficient (Wildman–Crippen LogP) is 2.15. The van der Waals surface area contributed by atoms with Gasteiger partial charge in [0.1, 0.15) is 12.4 Å². The lowest BCUT2D eigenvalue weighted by Gasteiger charge is -2.05. The zero-order valence-corrected chi connectivity index (χ0v) is 8.81. The van der Waals surface area contributed by atoms with E-state index in [1.54, 1.807) is 0 Å². The van der Waals surface area contributed by atoms with E-state index in [1.165, 1.54) is 6.07 Å². The summed E-state index contributed by atoms with van der Waals surface area (Å²) in [4.78, 5) is 9.56. The highest BCUT2D eigenvalue weighted by molar-refractivity contribution is 5.37. The van der Waals surface area contributed by atoms with E-state index in [1.807, 2.05) is 6.92 Å². The number of nitrogens with zero attached hydrogens (tertiary/aromatic N) is 1. The van der Waals surface area contributed by atoms with Gasteiger partial charge in [0.15, 0.2) is 0 Å². The van der Waals surface area contributed by atoms with E-state index in [0.29, 0.717) is 13.2 Å². The van der Waals surface area contributed by atoms with Crippen molar-refractivity contribution in [3.8, 4) is 5.75 Å². The summed E-state index contributed by atoms with van der Waals surface area (Å²) in [5, 5.41) is 10.3. The maximum Gasteiger partial charge on any atom is 0.305 e. The Hall–Kier alpha value is -1.69. The van der Waals surface area contributed by atoms with Gasteiger partial charge in [0.05, 0.1) is 11.5 Å². The van der Waals surface area contributed by atoms with Crippen LogP contribution < -0.4 is 4.74 Å². The van der Waals surface area contributed by atoms with Crippen LogP contribution in [0.15, 0.2) is 18.2 Å². The van der Waals surface area contributed by atoms with E-state index in [2.05, 4.69) is 0 Å². The molecule has 0 aromatic heterocycles. The van der Waals surface area contributed by atoms with Gasteiger partial charge in [-0.05, 0) is 13.0 Å². The molecule has 1 rings (SSSR count). The van der Waals surface area contributed by atoms with Crippen LogP contribution in [0, 0.1) is 15.9 Å². The standard InChI is InChI=1S/C10H12FNO4/c1-2-15-5-6-16-8-3-4-10(12(13)14)9(11)7-8/h3-4,7H,2,5-6H2,1H3. The van der Waals surface area contributed by atoms with Gasteiger partial charge >= 0.3 is 5.69 Å². The number of benzene rings is 1. The second-order valence-electron chi connectivity index (χ2n) is 2.92. The first-order valence-electron chi connectivity index (χ1n) is 4.79. The average Bonchev–Trinajstić information content (AvgIpc) is 2.24. The summed E-state index contributed by atoms with van der Waals surface area (Å²) in [6.07, 6.45) is 0. The van der Waals surface area contributed by atoms with Gasteiger partial charge in [-0.1, -0.05) is 0 Å². The van der Waals surface area contributed by atoms with Crippen LogP contribution in [0.5, 0.6) is 5.75 Å². The van der Waals surface area contributed by atoms with Crippen molar-refractivity contribution in [1.82, 2.24) is 0 Å². The molecule has 88 valence electrons. The quantitative estimate of drug-likeness (QED) is 0.426. The largest absolute Gasteiger partial charge is 0.491 e. The number of hydrogen-bond donors (Lipinski definition) is 0. The van der Waals surface area contributed by atoms with Crippen molar-refractivity contribution < 1.29 is 18.8 Å². The Morgan fingerprint density at radius 3 is 2.75 bits per heavy atom. The minimum absolute atomic E-state index is 0.253. The maximum atomic E-state index is 13.1. The van der Waals surface area contributed by atoms with E-state index in [4.69, 9.17) is 9.47 Å². The van der Waals surface area contributed by atoms with Gasteiger partial charge in [0.25, 0.3) is 0 Å². The van der Waals surface area contributed by atoms with Crippen LogP contribution in [0.3, 0.4) is 0 Å². The summed E-state index contributed by atoms with van der Waals surface area (Å²) in [5.74, 6) is -0.651. The van der Waals surface area contributed by atoms with Gasteiger partial charge in [-0.2, -0.15) is 4.39 Å². The van der Waals surface area contributed by atoms with Crippen LogP contribution in [0.25, 0.3) is 0 Å². The normalized spacial score (nSPS) is 10.1. The molecule has 0 heterocycles. The molecule has 0 saturated heterocycles. The molecular weight excluding hydrogens is 217 g/mol. The lowest BCUT2D eigenvalue weighted by molar-refractivity contribution is -0.387. The van der Waals surface area contributed by atoms with E-state index in [0.717, 1.165) is 12.1 Å². The average molecular weight is 229 g/mol. The molecule has 0 aliphatic heterocycles. The lowest BCUT2D eigenvalue weighted by atomic mass is 10.3. The minimum Gasteiger partial charge on any atom is -0.491 e. The van der Waals surface area contributed by atoms with Crippen molar-refractivity contribution >= 4 is 5.69 Å². The van der Waals surface area contributed by atoms with Crippen molar-refractivity contribution in [2.75, 3.05) is 19.8 Å². The molecule has 0 saturated carbocycles. The molecule has 0 aliphatic carbocycles. The van der Waals surface area contributed by atoms with Crippen LogP contribution in [0.2, 0.25) is 0 Å². The number of halogens is 1. The predicted molar refractivity (Wildman–Crippen MR) is 55.0 cm³/mol. The molecule has 16 heavy (non-hydrogen) atoms. The molecular formula is C10H12FNO4. The number of nitro benzene ring substituents is 1. The Balaban J connectivity index is 2.56.